The van der Waals surface area contributed by atoms with Crippen LogP contribution in [-0.4, -0.2) is 56.9 Å². The van der Waals surface area contributed by atoms with Crippen LogP contribution in [0.5, 0.6) is 0 Å². The highest BCUT2D eigenvalue weighted by Crippen LogP contribution is 2.16. The number of ether oxygens (including phenoxy) is 1. The zero-order chi connectivity index (χ0) is 20.4. The molecule has 0 aromatic heterocycles. The minimum Gasteiger partial charge on any atom is -0.367 e. The third kappa shape index (κ3) is 8.93. The summed E-state index contributed by atoms with van der Waals surface area (Å²) in [5.74, 6) is 1.41. The quantitative estimate of drug-likeness (QED) is 0.520. The van der Waals surface area contributed by atoms with Crippen molar-refractivity contribution in [3.8, 4) is 0 Å². The number of alkyl halides is 3. The summed E-state index contributed by atoms with van der Waals surface area (Å²) in [6.07, 6.45) is -1.83. The Labute approximate surface area is 165 Å². The smallest absolute Gasteiger partial charge is 0.367 e. The Balaban J connectivity index is 1.80. The number of hydrogen-bond donors (Lipinski definition) is 2. The largest absolute Gasteiger partial charge is 0.411 e. The second-order valence-corrected chi connectivity index (χ2v) is 7.27. The average Bonchev–Trinajstić information content (AvgIpc) is 2.64. The molecule has 1 heterocycles. The molecule has 1 aliphatic rings. The van der Waals surface area contributed by atoms with E-state index < -0.39 is 12.8 Å². The molecule has 0 aliphatic carbocycles. The number of likely N-dealkylation sites (tertiary alicyclic amines) is 1. The topological polar surface area (TPSA) is 48.9 Å². The number of halogens is 3. The summed E-state index contributed by atoms with van der Waals surface area (Å²) in [6.45, 7) is 5.20. The van der Waals surface area contributed by atoms with Crippen molar-refractivity contribution in [2.75, 3.05) is 39.8 Å². The summed E-state index contributed by atoms with van der Waals surface area (Å²) in [5.41, 5.74) is 1.71. The summed E-state index contributed by atoms with van der Waals surface area (Å²) in [7, 11) is 2.16. The molecular formula is C20H31F3N4O. The normalized spacial score (nSPS) is 18.9. The molecule has 8 heteroatoms. The van der Waals surface area contributed by atoms with Gasteiger partial charge in [0.2, 0.25) is 0 Å². The van der Waals surface area contributed by atoms with Crippen LogP contribution in [-0.2, 0) is 17.9 Å². The van der Waals surface area contributed by atoms with Crippen molar-refractivity contribution in [2.24, 2.45) is 10.9 Å². The van der Waals surface area contributed by atoms with E-state index in [-0.39, 0.29) is 6.61 Å². The van der Waals surface area contributed by atoms with Gasteiger partial charge < -0.3 is 20.3 Å². The predicted molar refractivity (Wildman–Crippen MR) is 105 cm³/mol. The third-order valence-electron chi connectivity index (χ3n) is 4.60. The van der Waals surface area contributed by atoms with Gasteiger partial charge >= 0.3 is 6.18 Å². The molecule has 1 atom stereocenters. The van der Waals surface area contributed by atoms with Gasteiger partial charge in [0, 0.05) is 19.6 Å². The summed E-state index contributed by atoms with van der Waals surface area (Å²) in [5, 5.41) is 6.68. The van der Waals surface area contributed by atoms with Crippen LogP contribution < -0.4 is 10.6 Å². The highest BCUT2D eigenvalue weighted by molar-refractivity contribution is 5.79. The van der Waals surface area contributed by atoms with Crippen molar-refractivity contribution in [3.05, 3.63) is 35.4 Å². The maximum absolute atomic E-state index is 12.1. The molecule has 0 amide bonds. The third-order valence-corrected chi connectivity index (χ3v) is 4.60. The number of rotatable bonds is 8. The summed E-state index contributed by atoms with van der Waals surface area (Å²) >= 11 is 0. The number of hydrogen-bond acceptors (Lipinski definition) is 3. The van der Waals surface area contributed by atoms with Gasteiger partial charge in [0.1, 0.15) is 6.61 Å². The summed E-state index contributed by atoms with van der Waals surface area (Å²) in [4.78, 5) is 6.97. The Morgan fingerprint density at radius 3 is 2.57 bits per heavy atom. The van der Waals surface area contributed by atoms with Crippen LogP contribution in [0.15, 0.2) is 29.3 Å². The minimum atomic E-state index is -4.29. The van der Waals surface area contributed by atoms with Crippen molar-refractivity contribution in [1.82, 2.24) is 15.5 Å². The molecular weight excluding hydrogens is 369 g/mol. The first kappa shape index (κ1) is 22.5. The SMILES string of the molecule is CCNC(=NCc1ccc(COCC(F)(F)F)cc1)NCC1CCCN(C)C1. The monoisotopic (exact) mass is 400 g/mol. The molecule has 1 aromatic carbocycles. The molecule has 0 bridgehead atoms. The number of piperidine rings is 1. The lowest BCUT2D eigenvalue weighted by Crippen LogP contribution is -2.43. The molecule has 0 saturated carbocycles. The molecule has 1 aliphatic heterocycles. The number of nitrogens with zero attached hydrogens (tertiary/aromatic N) is 2. The molecule has 158 valence electrons. The highest BCUT2D eigenvalue weighted by atomic mass is 19.4. The van der Waals surface area contributed by atoms with Gasteiger partial charge in [-0.3, -0.25) is 0 Å². The van der Waals surface area contributed by atoms with Gasteiger partial charge in [-0.15, -0.1) is 0 Å². The molecule has 2 rings (SSSR count). The average molecular weight is 400 g/mol. The lowest BCUT2D eigenvalue weighted by atomic mass is 9.99. The Bertz CT molecular complexity index is 604. The summed E-state index contributed by atoms with van der Waals surface area (Å²) < 4.78 is 41.0. The predicted octanol–water partition coefficient (Wildman–Crippen LogP) is 3.16. The molecule has 2 N–H and O–H groups in total. The van der Waals surface area contributed by atoms with Crippen molar-refractivity contribution < 1.29 is 17.9 Å². The van der Waals surface area contributed by atoms with E-state index in [2.05, 4.69) is 32.3 Å². The van der Waals surface area contributed by atoms with E-state index in [0.29, 0.717) is 18.0 Å². The van der Waals surface area contributed by atoms with Gasteiger partial charge in [0.05, 0.1) is 13.2 Å². The van der Waals surface area contributed by atoms with Gasteiger partial charge in [-0.25, -0.2) is 4.99 Å². The zero-order valence-electron chi connectivity index (χ0n) is 16.7. The second-order valence-electron chi connectivity index (χ2n) is 7.27. The van der Waals surface area contributed by atoms with Crippen LogP contribution in [0.1, 0.15) is 30.9 Å². The number of benzene rings is 1. The van der Waals surface area contributed by atoms with Crippen molar-refractivity contribution in [3.63, 3.8) is 0 Å². The highest BCUT2D eigenvalue weighted by Gasteiger charge is 2.27. The number of guanidine groups is 1. The van der Waals surface area contributed by atoms with Gasteiger partial charge in [0.15, 0.2) is 5.96 Å². The Morgan fingerprint density at radius 2 is 1.93 bits per heavy atom. The lowest BCUT2D eigenvalue weighted by Gasteiger charge is -2.30. The molecule has 1 saturated heterocycles. The van der Waals surface area contributed by atoms with Crippen LogP contribution in [0.3, 0.4) is 0 Å². The van der Waals surface area contributed by atoms with Gasteiger partial charge in [-0.05, 0) is 50.4 Å². The Morgan fingerprint density at radius 1 is 1.21 bits per heavy atom. The Hall–Kier alpha value is -1.80. The zero-order valence-corrected chi connectivity index (χ0v) is 16.7. The Kier molecular flexibility index (Phi) is 9.05. The van der Waals surface area contributed by atoms with Crippen LogP contribution >= 0.6 is 0 Å². The van der Waals surface area contributed by atoms with Crippen LogP contribution in [0.2, 0.25) is 0 Å². The van der Waals surface area contributed by atoms with Crippen molar-refractivity contribution in [2.45, 2.75) is 39.1 Å². The standard InChI is InChI=1S/C20H31F3N4O/c1-3-24-19(26-12-18-5-4-10-27(2)13-18)25-11-16-6-8-17(9-7-16)14-28-15-20(21,22)23/h6-9,18H,3-5,10-15H2,1-2H3,(H2,24,25,26). The molecule has 1 fully saturated rings. The molecule has 1 aromatic rings. The first-order valence-corrected chi connectivity index (χ1v) is 9.78. The van der Waals surface area contributed by atoms with Crippen molar-refractivity contribution >= 4 is 5.96 Å². The van der Waals surface area contributed by atoms with Gasteiger partial charge in [-0.1, -0.05) is 24.3 Å². The molecule has 0 radical (unpaired) electrons. The maximum atomic E-state index is 12.1. The molecule has 0 spiro atoms. The van der Waals surface area contributed by atoms with Crippen LogP contribution in [0.4, 0.5) is 13.2 Å². The lowest BCUT2D eigenvalue weighted by molar-refractivity contribution is -0.176. The van der Waals surface area contributed by atoms with Crippen molar-refractivity contribution in [1.29, 1.82) is 0 Å². The first-order valence-electron chi connectivity index (χ1n) is 9.78. The van der Waals surface area contributed by atoms with E-state index in [0.717, 1.165) is 31.2 Å². The van der Waals surface area contributed by atoms with E-state index in [1.165, 1.54) is 19.4 Å². The maximum Gasteiger partial charge on any atom is 0.411 e. The first-order chi connectivity index (χ1) is 13.4. The molecule has 5 nitrogen and oxygen atoms in total. The fraction of sp³-hybridized carbons (Fsp3) is 0.650. The van der Waals surface area contributed by atoms with E-state index >= 15 is 0 Å². The van der Waals surface area contributed by atoms with E-state index in [1.54, 1.807) is 12.1 Å². The minimum absolute atomic E-state index is 0.0525. The number of nitrogens with one attached hydrogen (secondary N) is 2. The van der Waals surface area contributed by atoms with E-state index in [4.69, 9.17) is 0 Å². The van der Waals surface area contributed by atoms with Gasteiger partial charge in [-0.2, -0.15) is 13.2 Å². The van der Waals surface area contributed by atoms with Crippen LogP contribution in [0, 0.1) is 5.92 Å². The van der Waals surface area contributed by atoms with Gasteiger partial charge in [0.25, 0.3) is 0 Å². The molecule has 28 heavy (non-hydrogen) atoms. The fourth-order valence-corrected chi connectivity index (χ4v) is 3.22. The van der Waals surface area contributed by atoms with E-state index in [9.17, 15) is 13.2 Å². The molecule has 1 unspecified atom stereocenters. The van der Waals surface area contributed by atoms with E-state index in [1.807, 2.05) is 19.1 Å². The van der Waals surface area contributed by atoms with Crippen LogP contribution in [0.25, 0.3) is 0 Å². The summed E-state index contributed by atoms with van der Waals surface area (Å²) in [6, 6.07) is 7.30. The number of aliphatic imine (C=N–C) groups is 1. The second kappa shape index (κ2) is 11.3. The fourth-order valence-electron chi connectivity index (χ4n) is 3.22.